The van der Waals surface area contributed by atoms with E-state index in [4.69, 9.17) is 15.7 Å². The molecule has 1 rings (SSSR count). The van der Waals surface area contributed by atoms with E-state index in [1.807, 2.05) is 6.07 Å². The summed E-state index contributed by atoms with van der Waals surface area (Å²) in [6.45, 7) is 3.50. The summed E-state index contributed by atoms with van der Waals surface area (Å²) in [5.41, 5.74) is 7.05. The van der Waals surface area contributed by atoms with Crippen molar-refractivity contribution in [3.8, 4) is 6.07 Å². The van der Waals surface area contributed by atoms with Gasteiger partial charge in [-0.1, -0.05) is 12.1 Å². The van der Waals surface area contributed by atoms with Crippen LogP contribution in [0.15, 0.2) is 30.3 Å². The normalized spacial score (nSPS) is 11.1. The van der Waals surface area contributed by atoms with Gasteiger partial charge in [-0.15, -0.1) is 0 Å². The van der Waals surface area contributed by atoms with E-state index in [-0.39, 0.29) is 11.7 Å². The summed E-state index contributed by atoms with van der Waals surface area (Å²) in [5, 5.41) is 8.97. The SMILES string of the molecule is CC(C)OC(=O)C=C(C#N)c1ccc(N)cc1. The zero-order chi connectivity index (χ0) is 12.8. The first-order valence-corrected chi connectivity index (χ1v) is 5.21. The molecule has 0 aliphatic heterocycles. The first kappa shape index (κ1) is 12.8. The molecule has 1 aromatic carbocycles. The molecule has 0 amide bonds. The number of nitrogens with two attached hydrogens (primary N) is 1. The average molecular weight is 230 g/mol. The summed E-state index contributed by atoms with van der Waals surface area (Å²) in [5.74, 6) is -0.520. The Labute approximate surface area is 100 Å². The van der Waals surface area contributed by atoms with Crippen LogP contribution in [0.25, 0.3) is 5.57 Å². The van der Waals surface area contributed by atoms with Gasteiger partial charge in [-0.3, -0.25) is 0 Å². The highest BCUT2D eigenvalue weighted by Crippen LogP contribution is 2.15. The molecule has 0 radical (unpaired) electrons. The predicted molar refractivity (Wildman–Crippen MR) is 65.7 cm³/mol. The lowest BCUT2D eigenvalue weighted by molar-refractivity contribution is -0.141. The van der Waals surface area contributed by atoms with Gasteiger partial charge < -0.3 is 10.5 Å². The van der Waals surface area contributed by atoms with Crippen molar-refractivity contribution in [3.05, 3.63) is 35.9 Å². The maximum atomic E-state index is 11.4. The van der Waals surface area contributed by atoms with E-state index in [0.717, 1.165) is 0 Å². The molecular formula is C13H14N2O2. The monoisotopic (exact) mass is 230 g/mol. The van der Waals surface area contributed by atoms with Crippen molar-refractivity contribution in [2.75, 3.05) is 5.73 Å². The van der Waals surface area contributed by atoms with E-state index in [9.17, 15) is 4.79 Å². The summed E-state index contributed by atoms with van der Waals surface area (Å²) in [6, 6.07) is 8.69. The number of esters is 1. The van der Waals surface area contributed by atoms with Crippen LogP contribution < -0.4 is 5.73 Å². The fraction of sp³-hybridized carbons (Fsp3) is 0.231. The Balaban J connectivity index is 2.92. The highest BCUT2D eigenvalue weighted by Gasteiger charge is 2.06. The molecule has 0 bridgehead atoms. The van der Waals surface area contributed by atoms with Gasteiger partial charge in [-0.05, 0) is 31.5 Å². The van der Waals surface area contributed by atoms with E-state index >= 15 is 0 Å². The molecule has 0 heterocycles. The average Bonchev–Trinajstić information content (AvgIpc) is 2.26. The third kappa shape index (κ3) is 3.99. The third-order valence-corrected chi connectivity index (χ3v) is 1.96. The number of carbonyl (C=O) groups is 1. The van der Waals surface area contributed by atoms with Crippen LogP contribution in [-0.2, 0) is 9.53 Å². The fourth-order valence-corrected chi connectivity index (χ4v) is 1.23. The van der Waals surface area contributed by atoms with Gasteiger partial charge in [0.25, 0.3) is 0 Å². The standard InChI is InChI=1S/C13H14N2O2/c1-9(2)17-13(16)7-11(8-14)10-3-5-12(15)6-4-10/h3-7,9H,15H2,1-2H3. The molecule has 17 heavy (non-hydrogen) atoms. The number of ether oxygens (including phenoxy) is 1. The number of anilines is 1. The van der Waals surface area contributed by atoms with Crippen LogP contribution in [-0.4, -0.2) is 12.1 Å². The number of rotatable bonds is 3. The van der Waals surface area contributed by atoms with Gasteiger partial charge in [0, 0.05) is 11.8 Å². The van der Waals surface area contributed by atoms with E-state index < -0.39 is 5.97 Å². The highest BCUT2D eigenvalue weighted by atomic mass is 16.5. The quantitative estimate of drug-likeness (QED) is 0.373. The number of nitrogen functional groups attached to an aromatic ring is 1. The van der Waals surface area contributed by atoms with E-state index in [2.05, 4.69) is 0 Å². The van der Waals surface area contributed by atoms with Crippen molar-refractivity contribution in [3.63, 3.8) is 0 Å². The number of benzene rings is 1. The van der Waals surface area contributed by atoms with Crippen molar-refractivity contribution in [2.24, 2.45) is 0 Å². The molecule has 0 aliphatic carbocycles. The van der Waals surface area contributed by atoms with Gasteiger partial charge in [-0.25, -0.2) is 4.79 Å². The van der Waals surface area contributed by atoms with Gasteiger partial charge in [-0.2, -0.15) is 5.26 Å². The third-order valence-electron chi connectivity index (χ3n) is 1.96. The summed E-state index contributed by atoms with van der Waals surface area (Å²) in [6.07, 6.45) is 0.982. The molecule has 0 atom stereocenters. The second-order valence-corrected chi connectivity index (χ2v) is 3.78. The molecule has 0 saturated heterocycles. The van der Waals surface area contributed by atoms with Crippen LogP contribution in [0.2, 0.25) is 0 Å². The Morgan fingerprint density at radius 2 is 2.00 bits per heavy atom. The molecule has 0 aliphatic rings. The first-order chi connectivity index (χ1) is 8.02. The molecule has 0 unspecified atom stereocenters. The molecule has 0 fully saturated rings. The smallest absolute Gasteiger partial charge is 0.332 e. The highest BCUT2D eigenvalue weighted by molar-refractivity contribution is 5.95. The largest absolute Gasteiger partial charge is 0.460 e. The van der Waals surface area contributed by atoms with Crippen LogP contribution in [0.4, 0.5) is 5.69 Å². The first-order valence-electron chi connectivity index (χ1n) is 5.21. The lowest BCUT2D eigenvalue weighted by Gasteiger charge is -2.05. The summed E-state index contributed by atoms with van der Waals surface area (Å²) in [7, 11) is 0. The van der Waals surface area contributed by atoms with Crippen LogP contribution in [0.1, 0.15) is 19.4 Å². The molecule has 2 N–H and O–H groups in total. The second-order valence-electron chi connectivity index (χ2n) is 3.78. The zero-order valence-electron chi connectivity index (χ0n) is 9.81. The van der Waals surface area contributed by atoms with Crippen molar-refractivity contribution >= 4 is 17.2 Å². The maximum Gasteiger partial charge on any atom is 0.332 e. The Morgan fingerprint density at radius 3 is 2.47 bits per heavy atom. The molecular weight excluding hydrogens is 216 g/mol. The number of nitriles is 1. The molecule has 1 aromatic rings. The van der Waals surface area contributed by atoms with Gasteiger partial charge in [0.05, 0.1) is 11.7 Å². The molecule has 0 aromatic heterocycles. The molecule has 4 nitrogen and oxygen atoms in total. The van der Waals surface area contributed by atoms with E-state index in [1.54, 1.807) is 38.1 Å². The Kier molecular flexibility index (Phi) is 4.29. The lowest BCUT2D eigenvalue weighted by atomic mass is 10.1. The van der Waals surface area contributed by atoms with Crippen LogP contribution in [0, 0.1) is 11.3 Å². The number of nitrogens with zero attached hydrogens (tertiary/aromatic N) is 1. The maximum absolute atomic E-state index is 11.4. The molecule has 0 saturated carbocycles. The van der Waals surface area contributed by atoms with Crippen LogP contribution in [0.5, 0.6) is 0 Å². The minimum atomic E-state index is -0.520. The van der Waals surface area contributed by atoms with Gasteiger partial charge in [0.1, 0.15) is 6.07 Å². The van der Waals surface area contributed by atoms with Crippen molar-refractivity contribution < 1.29 is 9.53 Å². The number of hydrogen-bond acceptors (Lipinski definition) is 4. The lowest BCUT2D eigenvalue weighted by Crippen LogP contribution is -2.09. The molecule has 88 valence electrons. The minimum Gasteiger partial charge on any atom is -0.460 e. The zero-order valence-corrected chi connectivity index (χ0v) is 9.81. The van der Waals surface area contributed by atoms with E-state index in [1.165, 1.54) is 6.08 Å². The molecule has 4 heteroatoms. The minimum absolute atomic E-state index is 0.204. The van der Waals surface area contributed by atoms with Crippen molar-refractivity contribution in [2.45, 2.75) is 20.0 Å². The van der Waals surface area contributed by atoms with Gasteiger partial charge >= 0.3 is 5.97 Å². The summed E-state index contributed by atoms with van der Waals surface area (Å²) in [4.78, 5) is 11.4. The Morgan fingerprint density at radius 1 is 1.41 bits per heavy atom. The Hall–Kier alpha value is -2.28. The van der Waals surface area contributed by atoms with Gasteiger partial charge in [0.15, 0.2) is 0 Å². The van der Waals surface area contributed by atoms with Crippen molar-refractivity contribution in [1.29, 1.82) is 5.26 Å². The molecule has 0 spiro atoms. The van der Waals surface area contributed by atoms with Crippen LogP contribution in [0.3, 0.4) is 0 Å². The number of carbonyl (C=O) groups excluding carboxylic acids is 1. The Bertz CT molecular complexity index is 467. The summed E-state index contributed by atoms with van der Waals surface area (Å²) >= 11 is 0. The fourth-order valence-electron chi connectivity index (χ4n) is 1.23. The number of hydrogen-bond donors (Lipinski definition) is 1. The second kappa shape index (κ2) is 5.71. The number of allylic oxidation sites excluding steroid dienone is 1. The predicted octanol–water partition coefficient (Wildman–Crippen LogP) is 2.13. The van der Waals surface area contributed by atoms with Crippen LogP contribution >= 0.6 is 0 Å². The summed E-state index contributed by atoms with van der Waals surface area (Å²) < 4.78 is 4.94. The topological polar surface area (TPSA) is 76.1 Å². The van der Waals surface area contributed by atoms with E-state index in [0.29, 0.717) is 11.3 Å². The van der Waals surface area contributed by atoms with Crippen molar-refractivity contribution in [1.82, 2.24) is 0 Å². The van der Waals surface area contributed by atoms with Gasteiger partial charge in [0.2, 0.25) is 0 Å².